The van der Waals surface area contributed by atoms with E-state index in [-0.39, 0.29) is 5.97 Å². The number of halogens is 1. The Morgan fingerprint density at radius 1 is 1.45 bits per heavy atom. The van der Waals surface area contributed by atoms with Crippen molar-refractivity contribution in [2.24, 2.45) is 0 Å². The van der Waals surface area contributed by atoms with Crippen molar-refractivity contribution >= 4 is 32.8 Å². The number of carbonyl (C=O) groups is 1. The number of aromatic nitrogens is 1. The van der Waals surface area contributed by atoms with E-state index in [0.717, 1.165) is 33.8 Å². The first kappa shape index (κ1) is 13.5. The Bertz CT molecular complexity index is 668. The third-order valence-electron chi connectivity index (χ3n) is 3.74. The number of carbonyl (C=O) groups excluding carboxylic acids is 1. The topological polar surface area (TPSA) is 51.2 Å². The smallest absolute Gasteiger partial charge is 0.326 e. The normalized spacial score (nSPS) is 16.1. The van der Waals surface area contributed by atoms with Crippen LogP contribution in [0.25, 0.3) is 10.9 Å². The highest BCUT2D eigenvalue weighted by atomic mass is 79.9. The average molecular weight is 335 g/mol. The molecule has 1 aliphatic rings. The Balaban J connectivity index is 1.86. The molecule has 3 rings (SSSR count). The molecule has 1 aliphatic carbocycles. The van der Waals surface area contributed by atoms with Crippen molar-refractivity contribution in [1.82, 2.24) is 10.3 Å². The largest absolute Gasteiger partial charge is 0.468 e. The van der Waals surface area contributed by atoms with Crippen LogP contribution in [0, 0.1) is 0 Å². The maximum absolute atomic E-state index is 11.7. The molecule has 1 saturated carbocycles. The first-order valence-corrected chi connectivity index (χ1v) is 7.31. The number of nitrogens with one attached hydrogen (secondary N) is 1. The molecule has 1 fully saturated rings. The minimum atomic E-state index is -0.483. The van der Waals surface area contributed by atoms with Crippen molar-refractivity contribution in [3.05, 3.63) is 40.5 Å². The van der Waals surface area contributed by atoms with E-state index in [1.165, 1.54) is 7.11 Å². The molecule has 5 heteroatoms. The van der Waals surface area contributed by atoms with Crippen LogP contribution in [0.1, 0.15) is 18.4 Å². The predicted octanol–water partition coefficient (Wildman–Crippen LogP) is 2.79. The van der Waals surface area contributed by atoms with E-state index >= 15 is 0 Å². The van der Waals surface area contributed by atoms with Crippen molar-refractivity contribution in [2.75, 3.05) is 7.11 Å². The summed E-state index contributed by atoms with van der Waals surface area (Å²) < 4.78 is 5.87. The summed E-state index contributed by atoms with van der Waals surface area (Å²) in [7, 11) is 1.43. The number of hydrogen-bond donors (Lipinski definition) is 1. The molecule has 1 aromatic carbocycles. The molecule has 0 bridgehead atoms. The van der Waals surface area contributed by atoms with Crippen molar-refractivity contribution in [3.8, 4) is 0 Å². The van der Waals surface area contributed by atoms with Gasteiger partial charge in [-0.15, -0.1) is 0 Å². The zero-order chi connectivity index (χ0) is 14.2. The number of hydrogen-bond acceptors (Lipinski definition) is 4. The Morgan fingerprint density at radius 3 is 2.95 bits per heavy atom. The molecule has 0 radical (unpaired) electrons. The van der Waals surface area contributed by atoms with Crippen LogP contribution >= 0.6 is 15.9 Å². The minimum absolute atomic E-state index is 0.174. The number of benzene rings is 1. The van der Waals surface area contributed by atoms with Gasteiger partial charge < -0.3 is 4.74 Å². The number of ether oxygens (including phenoxy) is 1. The van der Waals surface area contributed by atoms with E-state index in [9.17, 15) is 4.79 Å². The monoisotopic (exact) mass is 334 g/mol. The number of rotatable bonds is 4. The highest BCUT2D eigenvalue weighted by molar-refractivity contribution is 9.10. The molecule has 0 saturated heterocycles. The van der Waals surface area contributed by atoms with Crippen LogP contribution in [-0.2, 0) is 16.1 Å². The fourth-order valence-electron chi connectivity index (χ4n) is 2.38. The van der Waals surface area contributed by atoms with Crippen LogP contribution in [0.3, 0.4) is 0 Å². The van der Waals surface area contributed by atoms with Crippen LogP contribution < -0.4 is 5.32 Å². The molecular formula is C15H15BrN2O2. The summed E-state index contributed by atoms with van der Waals surface area (Å²) in [5.74, 6) is -0.174. The Labute approximate surface area is 125 Å². The average Bonchev–Trinajstić information content (AvgIpc) is 3.27. The van der Waals surface area contributed by atoms with Gasteiger partial charge in [-0.2, -0.15) is 0 Å². The Hall–Kier alpha value is -1.46. The molecule has 1 aromatic heterocycles. The SMILES string of the molecule is COC(=O)C1(NCc2ccc(Br)c3cccnc23)CC1. The summed E-state index contributed by atoms with van der Waals surface area (Å²) in [6.07, 6.45) is 3.45. The quantitative estimate of drug-likeness (QED) is 0.873. The highest BCUT2D eigenvalue weighted by Crippen LogP contribution is 2.37. The molecule has 0 amide bonds. The maximum atomic E-state index is 11.7. The van der Waals surface area contributed by atoms with Gasteiger partial charge in [0.1, 0.15) is 5.54 Å². The molecule has 20 heavy (non-hydrogen) atoms. The Morgan fingerprint density at radius 2 is 2.25 bits per heavy atom. The molecule has 0 spiro atoms. The zero-order valence-corrected chi connectivity index (χ0v) is 12.7. The molecular weight excluding hydrogens is 320 g/mol. The third kappa shape index (κ3) is 2.31. The van der Waals surface area contributed by atoms with Gasteiger partial charge in [0.15, 0.2) is 0 Å². The third-order valence-corrected chi connectivity index (χ3v) is 4.43. The Kier molecular flexibility index (Phi) is 3.48. The maximum Gasteiger partial charge on any atom is 0.326 e. The van der Waals surface area contributed by atoms with Gasteiger partial charge in [0.05, 0.1) is 12.6 Å². The zero-order valence-electron chi connectivity index (χ0n) is 11.1. The number of nitrogens with zero attached hydrogens (tertiary/aromatic N) is 1. The fraction of sp³-hybridized carbons (Fsp3) is 0.333. The van der Waals surface area contributed by atoms with Crippen molar-refractivity contribution < 1.29 is 9.53 Å². The van der Waals surface area contributed by atoms with Gasteiger partial charge in [0, 0.05) is 22.6 Å². The molecule has 1 heterocycles. The molecule has 2 aromatic rings. The molecule has 1 N–H and O–H groups in total. The first-order valence-electron chi connectivity index (χ1n) is 6.52. The summed E-state index contributed by atoms with van der Waals surface area (Å²) in [6.45, 7) is 0.607. The number of fused-ring (bicyclic) bond motifs is 1. The van der Waals surface area contributed by atoms with Gasteiger partial charge in [-0.1, -0.05) is 28.1 Å². The molecule has 4 nitrogen and oxygen atoms in total. The van der Waals surface area contributed by atoms with Crippen molar-refractivity contribution in [3.63, 3.8) is 0 Å². The minimum Gasteiger partial charge on any atom is -0.468 e. The van der Waals surface area contributed by atoms with Crippen LogP contribution in [-0.4, -0.2) is 23.6 Å². The van der Waals surface area contributed by atoms with Gasteiger partial charge >= 0.3 is 5.97 Å². The first-order chi connectivity index (χ1) is 9.66. The predicted molar refractivity (Wildman–Crippen MR) is 80.3 cm³/mol. The second-order valence-corrected chi connectivity index (χ2v) is 5.89. The summed E-state index contributed by atoms with van der Waals surface area (Å²) >= 11 is 3.53. The van der Waals surface area contributed by atoms with Crippen LogP contribution in [0.4, 0.5) is 0 Å². The number of esters is 1. The van der Waals surface area contributed by atoms with E-state index in [4.69, 9.17) is 4.74 Å². The van der Waals surface area contributed by atoms with Gasteiger partial charge in [-0.25, -0.2) is 0 Å². The number of pyridine rings is 1. The van der Waals surface area contributed by atoms with E-state index < -0.39 is 5.54 Å². The van der Waals surface area contributed by atoms with E-state index in [0.29, 0.717) is 6.54 Å². The number of methoxy groups -OCH3 is 1. The van der Waals surface area contributed by atoms with Gasteiger partial charge in [0.25, 0.3) is 0 Å². The van der Waals surface area contributed by atoms with Crippen molar-refractivity contribution in [2.45, 2.75) is 24.9 Å². The highest BCUT2D eigenvalue weighted by Gasteiger charge is 2.50. The second kappa shape index (κ2) is 5.14. The molecule has 104 valence electrons. The summed E-state index contributed by atoms with van der Waals surface area (Å²) in [5, 5.41) is 4.40. The van der Waals surface area contributed by atoms with E-state index in [2.05, 4.69) is 26.2 Å². The standard InChI is InChI=1S/C15H15BrN2O2/c1-20-14(19)15(6-7-15)18-9-10-4-5-12(16)11-3-2-8-17-13(10)11/h2-5,8,18H,6-7,9H2,1H3. The van der Waals surface area contributed by atoms with Crippen LogP contribution in [0.15, 0.2) is 34.9 Å². The van der Waals surface area contributed by atoms with Gasteiger partial charge in [-0.3, -0.25) is 15.1 Å². The fourth-order valence-corrected chi connectivity index (χ4v) is 2.83. The van der Waals surface area contributed by atoms with E-state index in [1.54, 1.807) is 6.20 Å². The summed E-state index contributed by atoms with van der Waals surface area (Å²) in [4.78, 5) is 16.2. The summed E-state index contributed by atoms with van der Waals surface area (Å²) in [6, 6.07) is 7.99. The second-order valence-electron chi connectivity index (χ2n) is 5.03. The van der Waals surface area contributed by atoms with Gasteiger partial charge in [-0.05, 0) is 30.5 Å². The summed E-state index contributed by atoms with van der Waals surface area (Å²) in [5.41, 5.74) is 1.55. The lowest BCUT2D eigenvalue weighted by Crippen LogP contribution is -2.39. The molecule has 0 aliphatic heterocycles. The molecule has 0 atom stereocenters. The van der Waals surface area contributed by atoms with Crippen LogP contribution in [0.5, 0.6) is 0 Å². The van der Waals surface area contributed by atoms with Crippen LogP contribution in [0.2, 0.25) is 0 Å². The van der Waals surface area contributed by atoms with Gasteiger partial charge in [0.2, 0.25) is 0 Å². The lowest BCUT2D eigenvalue weighted by atomic mass is 10.1. The van der Waals surface area contributed by atoms with E-state index in [1.807, 2.05) is 24.3 Å². The van der Waals surface area contributed by atoms with Crippen molar-refractivity contribution in [1.29, 1.82) is 0 Å². The lowest BCUT2D eigenvalue weighted by molar-refractivity contribution is -0.144. The lowest BCUT2D eigenvalue weighted by Gasteiger charge is -2.15. The molecule has 0 unspecified atom stereocenters.